The standard InChI is InChI=1S/C16H16F/c1-3-16(2,13-7-5-4-6-8-13)14-9-11-15(17)12-10-14/h4-12H,1,3H2,2H3. The third-order valence-electron chi connectivity index (χ3n) is 3.39. The van der Waals surface area contributed by atoms with Crippen LogP contribution in [0.2, 0.25) is 0 Å². The monoisotopic (exact) mass is 227 g/mol. The van der Waals surface area contributed by atoms with Crippen molar-refractivity contribution >= 4 is 0 Å². The molecule has 2 aromatic carbocycles. The van der Waals surface area contributed by atoms with Crippen LogP contribution in [0.1, 0.15) is 24.5 Å². The first-order valence-corrected chi connectivity index (χ1v) is 5.77. The number of hydrogen-bond donors (Lipinski definition) is 0. The Balaban J connectivity index is 2.48. The van der Waals surface area contributed by atoms with Gasteiger partial charge in [-0.05, 0) is 29.7 Å². The molecule has 17 heavy (non-hydrogen) atoms. The molecule has 87 valence electrons. The molecule has 0 aromatic heterocycles. The Labute approximate surface area is 102 Å². The molecule has 2 rings (SSSR count). The van der Waals surface area contributed by atoms with Crippen LogP contribution >= 0.6 is 0 Å². The third kappa shape index (κ3) is 2.23. The van der Waals surface area contributed by atoms with E-state index in [0.29, 0.717) is 0 Å². The first-order chi connectivity index (χ1) is 8.16. The average Bonchev–Trinajstić information content (AvgIpc) is 2.40. The van der Waals surface area contributed by atoms with Crippen molar-refractivity contribution < 1.29 is 4.39 Å². The zero-order valence-electron chi connectivity index (χ0n) is 9.99. The van der Waals surface area contributed by atoms with Crippen LogP contribution in [0.5, 0.6) is 0 Å². The van der Waals surface area contributed by atoms with E-state index >= 15 is 0 Å². The summed E-state index contributed by atoms with van der Waals surface area (Å²) in [4.78, 5) is 0. The second kappa shape index (κ2) is 4.70. The Morgan fingerprint density at radius 1 is 0.941 bits per heavy atom. The zero-order valence-corrected chi connectivity index (χ0v) is 9.99. The molecule has 0 spiro atoms. The maximum atomic E-state index is 13.0. The summed E-state index contributed by atoms with van der Waals surface area (Å²) in [6.07, 6.45) is 0.739. The molecule has 1 radical (unpaired) electrons. The van der Waals surface area contributed by atoms with Crippen molar-refractivity contribution in [2.45, 2.75) is 18.8 Å². The molecule has 0 aliphatic heterocycles. The van der Waals surface area contributed by atoms with Gasteiger partial charge in [-0.3, -0.25) is 0 Å². The van der Waals surface area contributed by atoms with Crippen LogP contribution in [-0.2, 0) is 5.41 Å². The predicted octanol–water partition coefficient (Wildman–Crippen LogP) is 4.36. The minimum atomic E-state index is -0.201. The number of rotatable bonds is 3. The predicted molar refractivity (Wildman–Crippen MR) is 69.3 cm³/mol. The zero-order chi connectivity index (χ0) is 12.3. The minimum absolute atomic E-state index is 0.158. The summed E-state index contributed by atoms with van der Waals surface area (Å²) >= 11 is 0. The lowest BCUT2D eigenvalue weighted by Crippen LogP contribution is -2.22. The van der Waals surface area contributed by atoms with E-state index in [9.17, 15) is 4.39 Å². The van der Waals surface area contributed by atoms with Crippen LogP contribution in [0.25, 0.3) is 0 Å². The number of benzene rings is 2. The molecule has 0 nitrogen and oxygen atoms in total. The Bertz CT molecular complexity index is 473. The van der Waals surface area contributed by atoms with Gasteiger partial charge in [-0.2, -0.15) is 0 Å². The van der Waals surface area contributed by atoms with Gasteiger partial charge in [0.25, 0.3) is 0 Å². The fourth-order valence-electron chi connectivity index (χ4n) is 2.08. The van der Waals surface area contributed by atoms with Crippen molar-refractivity contribution in [2.24, 2.45) is 0 Å². The summed E-state index contributed by atoms with van der Waals surface area (Å²) in [5, 5.41) is 0. The molecular weight excluding hydrogens is 211 g/mol. The fraction of sp³-hybridized carbons (Fsp3) is 0.188. The van der Waals surface area contributed by atoms with E-state index < -0.39 is 0 Å². The van der Waals surface area contributed by atoms with Crippen molar-refractivity contribution in [3.05, 3.63) is 78.5 Å². The fourth-order valence-corrected chi connectivity index (χ4v) is 2.08. The van der Waals surface area contributed by atoms with Gasteiger partial charge in [0.05, 0.1) is 0 Å². The Morgan fingerprint density at radius 2 is 1.47 bits per heavy atom. The first-order valence-electron chi connectivity index (χ1n) is 5.77. The molecule has 0 aliphatic carbocycles. The molecule has 0 saturated carbocycles. The van der Waals surface area contributed by atoms with Gasteiger partial charge in [-0.15, -0.1) is 0 Å². The maximum absolute atomic E-state index is 13.0. The summed E-state index contributed by atoms with van der Waals surface area (Å²) in [6.45, 7) is 6.18. The van der Waals surface area contributed by atoms with E-state index in [-0.39, 0.29) is 11.2 Å². The van der Waals surface area contributed by atoms with E-state index in [0.717, 1.165) is 12.0 Å². The van der Waals surface area contributed by atoms with Crippen LogP contribution in [0.4, 0.5) is 4.39 Å². The van der Waals surface area contributed by atoms with Crippen LogP contribution in [-0.4, -0.2) is 0 Å². The van der Waals surface area contributed by atoms with Gasteiger partial charge in [-0.25, -0.2) is 4.39 Å². The minimum Gasteiger partial charge on any atom is -0.207 e. The quantitative estimate of drug-likeness (QED) is 0.731. The first kappa shape index (κ1) is 11.8. The second-order valence-corrected chi connectivity index (χ2v) is 4.46. The summed E-state index contributed by atoms with van der Waals surface area (Å²) in [7, 11) is 0. The number of hydrogen-bond acceptors (Lipinski definition) is 0. The smallest absolute Gasteiger partial charge is 0.123 e. The molecule has 0 amide bonds. The van der Waals surface area contributed by atoms with Gasteiger partial charge in [0.2, 0.25) is 0 Å². The molecule has 0 aliphatic rings. The second-order valence-electron chi connectivity index (χ2n) is 4.46. The normalized spacial score (nSPS) is 14.3. The third-order valence-corrected chi connectivity index (χ3v) is 3.39. The highest BCUT2D eigenvalue weighted by atomic mass is 19.1. The average molecular weight is 227 g/mol. The van der Waals surface area contributed by atoms with E-state index in [1.165, 1.54) is 17.7 Å². The summed E-state index contributed by atoms with van der Waals surface area (Å²) in [6, 6.07) is 16.9. The van der Waals surface area contributed by atoms with Crippen LogP contribution in [0, 0.1) is 12.7 Å². The lowest BCUT2D eigenvalue weighted by molar-refractivity contribution is 0.573. The Hall–Kier alpha value is -1.63. The van der Waals surface area contributed by atoms with E-state index in [2.05, 4.69) is 26.0 Å². The maximum Gasteiger partial charge on any atom is 0.123 e. The molecular formula is C16H16F. The highest BCUT2D eigenvalue weighted by molar-refractivity contribution is 5.38. The molecule has 0 saturated heterocycles. The van der Waals surface area contributed by atoms with Gasteiger partial charge in [-0.1, -0.05) is 56.3 Å². The molecule has 0 fully saturated rings. The van der Waals surface area contributed by atoms with Crippen LogP contribution in [0.15, 0.2) is 54.6 Å². The van der Waals surface area contributed by atoms with Crippen molar-refractivity contribution in [1.82, 2.24) is 0 Å². The highest BCUT2D eigenvalue weighted by Gasteiger charge is 2.26. The molecule has 1 heteroatoms. The van der Waals surface area contributed by atoms with Crippen molar-refractivity contribution in [3.63, 3.8) is 0 Å². The van der Waals surface area contributed by atoms with Gasteiger partial charge in [0.15, 0.2) is 0 Å². The van der Waals surface area contributed by atoms with Gasteiger partial charge in [0.1, 0.15) is 5.82 Å². The molecule has 0 N–H and O–H groups in total. The number of halogens is 1. The summed E-state index contributed by atoms with van der Waals surface area (Å²) < 4.78 is 13.0. The Kier molecular flexibility index (Phi) is 3.28. The molecule has 2 aromatic rings. The van der Waals surface area contributed by atoms with Crippen LogP contribution < -0.4 is 0 Å². The lowest BCUT2D eigenvalue weighted by Gasteiger charge is -2.29. The van der Waals surface area contributed by atoms with E-state index in [1.54, 1.807) is 0 Å². The molecule has 1 unspecified atom stereocenters. The van der Waals surface area contributed by atoms with E-state index in [1.807, 2.05) is 30.3 Å². The SMILES string of the molecule is [CH2]CC(C)(c1ccccc1)c1ccc(F)cc1. The van der Waals surface area contributed by atoms with Crippen molar-refractivity contribution in [1.29, 1.82) is 0 Å². The van der Waals surface area contributed by atoms with E-state index in [4.69, 9.17) is 0 Å². The molecule has 0 heterocycles. The van der Waals surface area contributed by atoms with Crippen LogP contribution in [0.3, 0.4) is 0 Å². The van der Waals surface area contributed by atoms with Gasteiger partial charge >= 0.3 is 0 Å². The lowest BCUT2D eigenvalue weighted by atomic mass is 9.74. The topological polar surface area (TPSA) is 0 Å². The van der Waals surface area contributed by atoms with Crippen molar-refractivity contribution in [2.75, 3.05) is 0 Å². The van der Waals surface area contributed by atoms with Gasteiger partial charge < -0.3 is 0 Å². The van der Waals surface area contributed by atoms with Crippen molar-refractivity contribution in [3.8, 4) is 0 Å². The summed E-state index contributed by atoms with van der Waals surface area (Å²) in [5.74, 6) is -0.201. The molecule has 1 atom stereocenters. The largest absolute Gasteiger partial charge is 0.207 e. The van der Waals surface area contributed by atoms with Gasteiger partial charge in [0, 0.05) is 5.41 Å². The highest BCUT2D eigenvalue weighted by Crippen LogP contribution is 2.34. The molecule has 0 bridgehead atoms. The Morgan fingerprint density at radius 3 is 2.00 bits per heavy atom. The summed E-state index contributed by atoms with van der Waals surface area (Å²) in [5.41, 5.74) is 2.15.